The summed E-state index contributed by atoms with van der Waals surface area (Å²) in [5.74, 6) is 0.584. The third-order valence-electron chi connectivity index (χ3n) is 8.66. The van der Waals surface area contributed by atoms with Gasteiger partial charge in [-0.05, 0) is 65.9 Å². The van der Waals surface area contributed by atoms with Gasteiger partial charge < -0.3 is 34.8 Å². The van der Waals surface area contributed by atoms with Crippen LogP contribution in [0.5, 0.6) is 11.5 Å². The van der Waals surface area contributed by atoms with E-state index in [0.717, 1.165) is 25.2 Å². The zero-order valence-electron chi connectivity index (χ0n) is 27.5. The predicted octanol–water partition coefficient (Wildman–Crippen LogP) is 4.65. The number of carbonyl (C=O) groups is 3. The van der Waals surface area contributed by atoms with Crippen LogP contribution in [0.25, 0.3) is 0 Å². The van der Waals surface area contributed by atoms with Crippen LogP contribution in [0.1, 0.15) is 63.8 Å². The van der Waals surface area contributed by atoms with Gasteiger partial charge in [-0.1, -0.05) is 32.9 Å². The number of carbonyl (C=O) groups excluding carboxylic acids is 3. The molecular formula is C36H45N5O5. The molecule has 244 valence electrons. The molecule has 0 saturated carbocycles. The first-order valence-corrected chi connectivity index (χ1v) is 15.9. The van der Waals surface area contributed by atoms with Crippen molar-refractivity contribution in [1.82, 2.24) is 15.1 Å². The Morgan fingerprint density at radius 3 is 2.00 bits per heavy atom. The lowest BCUT2D eigenvalue weighted by atomic mass is 9.86. The summed E-state index contributed by atoms with van der Waals surface area (Å²) < 4.78 is 10.7. The molecule has 3 aromatic carbocycles. The second-order valence-corrected chi connectivity index (χ2v) is 12.8. The Morgan fingerprint density at radius 1 is 0.696 bits per heavy atom. The lowest BCUT2D eigenvalue weighted by Crippen LogP contribution is -2.46. The van der Waals surface area contributed by atoms with Crippen LogP contribution in [0.15, 0.2) is 60.7 Å². The minimum Gasteiger partial charge on any atom is -0.493 e. The molecule has 0 spiro atoms. The molecule has 2 heterocycles. The van der Waals surface area contributed by atoms with Gasteiger partial charge in [0.1, 0.15) is 0 Å². The minimum atomic E-state index is -0.334. The molecule has 0 bridgehead atoms. The number of benzene rings is 3. The maximum absolute atomic E-state index is 13.6. The highest BCUT2D eigenvalue weighted by Crippen LogP contribution is 2.32. The molecule has 10 nitrogen and oxygen atoms in total. The van der Waals surface area contributed by atoms with Crippen molar-refractivity contribution in [2.24, 2.45) is 0 Å². The molecule has 46 heavy (non-hydrogen) atoms. The number of piperazine rings is 1. The molecule has 2 aliphatic rings. The van der Waals surface area contributed by atoms with Crippen molar-refractivity contribution >= 4 is 29.1 Å². The van der Waals surface area contributed by atoms with E-state index in [9.17, 15) is 14.4 Å². The van der Waals surface area contributed by atoms with Crippen LogP contribution >= 0.6 is 0 Å². The largest absolute Gasteiger partial charge is 0.493 e. The fourth-order valence-electron chi connectivity index (χ4n) is 5.92. The summed E-state index contributed by atoms with van der Waals surface area (Å²) in [6, 6.07) is 18.4. The van der Waals surface area contributed by atoms with Crippen LogP contribution in [0.2, 0.25) is 0 Å². The van der Waals surface area contributed by atoms with E-state index in [1.54, 1.807) is 31.4 Å². The summed E-state index contributed by atoms with van der Waals surface area (Å²) in [6.45, 7) is 11.7. The van der Waals surface area contributed by atoms with Gasteiger partial charge in [0, 0.05) is 69.0 Å². The quantitative estimate of drug-likeness (QED) is 0.393. The van der Waals surface area contributed by atoms with Crippen molar-refractivity contribution in [3.63, 3.8) is 0 Å². The number of hydrogen-bond acceptors (Lipinski definition) is 7. The van der Waals surface area contributed by atoms with Crippen LogP contribution in [-0.4, -0.2) is 94.1 Å². The second kappa shape index (κ2) is 14.2. The van der Waals surface area contributed by atoms with Crippen LogP contribution < -0.4 is 25.0 Å². The van der Waals surface area contributed by atoms with E-state index in [1.807, 2.05) is 46.2 Å². The van der Waals surface area contributed by atoms with E-state index < -0.39 is 0 Å². The number of nitrogens with zero attached hydrogens (tertiary/aromatic N) is 3. The lowest BCUT2D eigenvalue weighted by molar-refractivity contribution is 0.0734. The molecule has 2 N–H and O–H groups in total. The summed E-state index contributed by atoms with van der Waals surface area (Å²) in [7, 11) is 3.07. The van der Waals surface area contributed by atoms with Crippen LogP contribution in [-0.2, 0) is 5.41 Å². The van der Waals surface area contributed by atoms with E-state index in [4.69, 9.17) is 9.47 Å². The van der Waals surface area contributed by atoms with Gasteiger partial charge in [-0.15, -0.1) is 0 Å². The van der Waals surface area contributed by atoms with E-state index in [0.29, 0.717) is 73.1 Å². The highest BCUT2D eigenvalue weighted by atomic mass is 16.5. The molecule has 0 unspecified atom stereocenters. The van der Waals surface area contributed by atoms with E-state index in [-0.39, 0.29) is 23.1 Å². The zero-order valence-corrected chi connectivity index (χ0v) is 27.5. The van der Waals surface area contributed by atoms with Gasteiger partial charge in [-0.25, -0.2) is 0 Å². The summed E-state index contributed by atoms with van der Waals surface area (Å²) in [6.07, 6.45) is 0.760. The normalized spacial score (nSPS) is 15.6. The second-order valence-electron chi connectivity index (χ2n) is 12.8. The zero-order chi connectivity index (χ0) is 32.8. The standard InChI is InChI=1S/C36H45N5O5/c1-36(2,3)28-11-7-25(8-12-28)34(43)40-18-6-17-39(21-22-40)30-13-9-27(35(44)41-19-15-37-16-20-41)23-29(30)38-33(42)26-10-14-31(45-4)32(24-26)46-5/h7-14,23-24,37H,6,15-22H2,1-5H3,(H,38,42). The Balaban J connectivity index is 1.38. The molecule has 3 amide bonds. The van der Waals surface area contributed by atoms with Crippen molar-refractivity contribution in [2.45, 2.75) is 32.6 Å². The molecule has 2 fully saturated rings. The van der Waals surface area contributed by atoms with E-state index in [2.05, 4.69) is 36.3 Å². The SMILES string of the molecule is COc1ccc(C(=O)Nc2cc(C(=O)N3CCNCC3)ccc2N2CCCN(C(=O)c3ccc(C(C)(C)C)cc3)CC2)cc1OC. The average Bonchev–Trinajstić information content (AvgIpc) is 3.33. The fourth-order valence-corrected chi connectivity index (χ4v) is 5.92. The van der Waals surface area contributed by atoms with Gasteiger partial charge >= 0.3 is 0 Å². The molecule has 10 heteroatoms. The molecule has 2 saturated heterocycles. The minimum absolute atomic E-state index is 0.0151. The van der Waals surface area contributed by atoms with Gasteiger partial charge in [0.05, 0.1) is 25.6 Å². The number of nitrogens with one attached hydrogen (secondary N) is 2. The molecule has 0 aliphatic carbocycles. The molecule has 0 atom stereocenters. The van der Waals surface area contributed by atoms with Gasteiger partial charge in [0.25, 0.3) is 17.7 Å². The maximum atomic E-state index is 13.6. The number of ether oxygens (including phenoxy) is 2. The molecule has 2 aliphatic heterocycles. The Morgan fingerprint density at radius 2 is 1.33 bits per heavy atom. The Labute approximate surface area is 271 Å². The van der Waals surface area contributed by atoms with Crippen molar-refractivity contribution in [1.29, 1.82) is 0 Å². The van der Waals surface area contributed by atoms with Crippen LogP contribution in [0.3, 0.4) is 0 Å². The number of amides is 3. The average molecular weight is 628 g/mol. The monoisotopic (exact) mass is 627 g/mol. The Hall–Kier alpha value is -4.57. The topological polar surface area (TPSA) is 103 Å². The number of hydrogen-bond donors (Lipinski definition) is 2. The number of rotatable bonds is 7. The Bertz CT molecular complexity index is 1560. The lowest BCUT2D eigenvalue weighted by Gasteiger charge is -2.29. The predicted molar refractivity (Wildman–Crippen MR) is 181 cm³/mol. The van der Waals surface area contributed by atoms with Crippen molar-refractivity contribution in [3.05, 3.63) is 82.9 Å². The van der Waals surface area contributed by atoms with Crippen molar-refractivity contribution < 1.29 is 23.9 Å². The summed E-state index contributed by atoms with van der Waals surface area (Å²) >= 11 is 0. The third kappa shape index (κ3) is 7.45. The van der Waals surface area contributed by atoms with Gasteiger partial charge in [-0.2, -0.15) is 0 Å². The van der Waals surface area contributed by atoms with Gasteiger partial charge in [0.2, 0.25) is 0 Å². The molecular weight excluding hydrogens is 582 g/mol. The van der Waals surface area contributed by atoms with Crippen molar-refractivity contribution in [2.75, 3.05) is 76.8 Å². The Kier molecular flexibility index (Phi) is 10.2. The summed E-state index contributed by atoms with van der Waals surface area (Å²) in [5, 5.41) is 6.35. The highest BCUT2D eigenvalue weighted by Gasteiger charge is 2.25. The first-order chi connectivity index (χ1) is 22.1. The summed E-state index contributed by atoms with van der Waals surface area (Å²) in [5.41, 5.74) is 4.13. The molecule has 0 aromatic heterocycles. The van der Waals surface area contributed by atoms with Gasteiger partial charge in [0.15, 0.2) is 11.5 Å². The van der Waals surface area contributed by atoms with Crippen LogP contribution in [0.4, 0.5) is 11.4 Å². The number of methoxy groups -OCH3 is 2. The molecule has 5 rings (SSSR count). The van der Waals surface area contributed by atoms with Crippen LogP contribution in [0, 0.1) is 0 Å². The smallest absolute Gasteiger partial charge is 0.255 e. The first-order valence-electron chi connectivity index (χ1n) is 15.9. The highest BCUT2D eigenvalue weighted by molar-refractivity contribution is 6.07. The molecule has 0 radical (unpaired) electrons. The number of anilines is 2. The van der Waals surface area contributed by atoms with Gasteiger partial charge in [-0.3, -0.25) is 14.4 Å². The van der Waals surface area contributed by atoms with E-state index in [1.165, 1.54) is 12.7 Å². The first kappa shape index (κ1) is 32.8. The van der Waals surface area contributed by atoms with E-state index >= 15 is 0 Å². The summed E-state index contributed by atoms with van der Waals surface area (Å²) in [4.78, 5) is 46.4. The molecule has 3 aromatic rings. The third-order valence-corrected chi connectivity index (χ3v) is 8.66. The van der Waals surface area contributed by atoms with Crippen molar-refractivity contribution in [3.8, 4) is 11.5 Å². The fraction of sp³-hybridized carbons (Fsp3) is 0.417. The maximum Gasteiger partial charge on any atom is 0.255 e.